The zero-order valence-electron chi connectivity index (χ0n) is 6.02. The zero-order chi connectivity index (χ0) is 7.56. The molecule has 0 amide bonds. The molecule has 2 heteroatoms. The van der Waals surface area contributed by atoms with E-state index in [2.05, 4.69) is 53.3 Å². The van der Waals surface area contributed by atoms with Crippen molar-refractivity contribution in [2.24, 2.45) is 0 Å². The topological polar surface area (TPSA) is 0 Å². The highest BCUT2D eigenvalue weighted by Gasteiger charge is 1.92. The summed E-state index contributed by atoms with van der Waals surface area (Å²) in [7, 11) is 1.77. The van der Waals surface area contributed by atoms with Gasteiger partial charge in [-0.05, 0) is 37.1 Å². The number of halogens is 1. The summed E-state index contributed by atoms with van der Waals surface area (Å²) >= 11 is 2.30. The number of hydrogen-bond donors (Lipinski definition) is 0. The second kappa shape index (κ2) is 3.62. The first-order valence-corrected chi connectivity index (χ1v) is 6.45. The Hall–Kier alpha value is 0.300. The van der Waals surface area contributed by atoms with Crippen molar-refractivity contribution in [1.82, 2.24) is 0 Å². The molecule has 0 aromatic heterocycles. The lowest BCUT2D eigenvalue weighted by atomic mass is 10.2. The molecule has 1 rings (SSSR count). The fourth-order valence-corrected chi connectivity index (χ4v) is 2.20. The highest BCUT2D eigenvalue weighted by Crippen LogP contribution is 2.26. The first kappa shape index (κ1) is 8.40. The van der Waals surface area contributed by atoms with Crippen LogP contribution in [0.5, 0.6) is 0 Å². The van der Waals surface area contributed by atoms with Gasteiger partial charge in [-0.1, -0.05) is 15.0 Å². The van der Waals surface area contributed by atoms with Gasteiger partial charge in [-0.2, -0.15) is 0 Å². The van der Waals surface area contributed by atoms with Crippen LogP contribution in [0.1, 0.15) is 11.1 Å². The zero-order valence-corrected chi connectivity index (χ0v) is 8.99. The molecule has 0 aliphatic rings. The normalized spacial score (nSPS) is 9.90. The van der Waals surface area contributed by atoms with Gasteiger partial charge in [0.1, 0.15) is 0 Å². The molecule has 1 aromatic rings. The number of hydrogen-bond acceptors (Lipinski definition) is 1. The third-order valence-corrected chi connectivity index (χ3v) is 3.22. The summed E-state index contributed by atoms with van der Waals surface area (Å²) in [6, 6.07) is 6.59. The molecule has 0 N–H and O–H groups in total. The van der Waals surface area contributed by atoms with E-state index in [4.69, 9.17) is 0 Å². The van der Waals surface area contributed by atoms with Crippen LogP contribution in [0.15, 0.2) is 23.1 Å². The molecule has 0 saturated carbocycles. The van der Waals surface area contributed by atoms with Crippen molar-refractivity contribution in [2.45, 2.75) is 18.7 Å². The Kier molecular flexibility index (Phi) is 3.04. The van der Waals surface area contributed by atoms with Crippen LogP contribution in [0, 0.1) is 13.8 Å². The van der Waals surface area contributed by atoms with Crippen LogP contribution in [-0.4, -0.2) is 0 Å². The molecule has 0 spiro atoms. The van der Waals surface area contributed by atoms with E-state index in [1.165, 1.54) is 16.0 Å². The summed E-state index contributed by atoms with van der Waals surface area (Å²) in [4.78, 5) is 1.35. The van der Waals surface area contributed by atoms with E-state index in [1.54, 1.807) is 8.93 Å². The van der Waals surface area contributed by atoms with Gasteiger partial charge in [-0.25, -0.2) is 0 Å². The Balaban J connectivity index is 3.06. The number of rotatable bonds is 1. The lowest BCUT2D eigenvalue weighted by molar-refractivity contribution is 1.30. The third-order valence-electron chi connectivity index (χ3n) is 1.28. The second-order valence-electron chi connectivity index (χ2n) is 2.40. The second-order valence-corrected chi connectivity index (χ2v) is 4.35. The lowest BCUT2D eigenvalue weighted by Crippen LogP contribution is -1.76. The monoisotopic (exact) mass is 264 g/mol. The van der Waals surface area contributed by atoms with Gasteiger partial charge in [0.15, 0.2) is 0 Å². The maximum absolute atomic E-state index is 2.30. The van der Waals surface area contributed by atoms with E-state index in [-0.39, 0.29) is 0 Å². The summed E-state index contributed by atoms with van der Waals surface area (Å²) in [5.74, 6) is 0. The van der Waals surface area contributed by atoms with Gasteiger partial charge in [0.25, 0.3) is 0 Å². The fraction of sp³-hybridized carbons (Fsp3) is 0.250. The minimum absolute atomic E-state index is 1.35. The Morgan fingerprint density at radius 1 is 1.10 bits per heavy atom. The molecule has 0 heterocycles. The predicted octanol–water partition coefficient (Wildman–Crippen LogP) is 3.75. The fourth-order valence-electron chi connectivity index (χ4n) is 0.977. The van der Waals surface area contributed by atoms with Crippen LogP contribution < -0.4 is 0 Å². The highest BCUT2D eigenvalue weighted by molar-refractivity contribution is 14.2. The summed E-state index contributed by atoms with van der Waals surface area (Å²) in [6.07, 6.45) is 0. The van der Waals surface area contributed by atoms with Crippen LogP contribution in [0.25, 0.3) is 0 Å². The molecule has 0 fully saturated rings. The van der Waals surface area contributed by atoms with E-state index in [0.717, 1.165) is 0 Å². The molecule has 0 aliphatic carbocycles. The van der Waals surface area contributed by atoms with Crippen LogP contribution >= 0.6 is 30.1 Å². The molecule has 0 radical (unpaired) electrons. The van der Waals surface area contributed by atoms with Crippen LogP contribution in [0.4, 0.5) is 0 Å². The van der Waals surface area contributed by atoms with Crippen LogP contribution in [0.3, 0.4) is 0 Å². The maximum Gasteiger partial charge on any atom is 0.0184 e. The van der Waals surface area contributed by atoms with E-state index in [0.29, 0.717) is 0 Å². The van der Waals surface area contributed by atoms with Gasteiger partial charge in [0, 0.05) is 26.1 Å². The van der Waals surface area contributed by atoms with E-state index < -0.39 is 0 Å². The molecule has 0 aliphatic heterocycles. The average Bonchev–Trinajstić information content (AvgIpc) is 1.85. The Labute approximate surface area is 78.0 Å². The van der Waals surface area contributed by atoms with Crippen molar-refractivity contribution >= 4 is 30.1 Å². The molecule has 10 heavy (non-hydrogen) atoms. The Morgan fingerprint density at radius 2 is 1.60 bits per heavy atom. The molecule has 54 valence electrons. The van der Waals surface area contributed by atoms with Crippen molar-refractivity contribution in [1.29, 1.82) is 0 Å². The predicted molar refractivity (Wildman–Crippen MR) is 55.8 cm³/mol. The molecular weight excluding hydrogens is 255 g/mol. The van der Waals surface area contributed by atoms with E-state index >= 15 is 0 Å². The van der Waals surface area contributed by atoms with E-state index in [9.17, 15) is 0 Å². The van der Waals surface area contributed by atoms with Gasteiger partial charge in [0.05, 0.1) is 0 Å². The van der Waals surface area contributed by atoms with Crippen LogP contribution in [0.2, 0.25) is 0 Å². The lowest BCUT2D eigenvalue weighted by Gasteiger charge is -1.98. The van der Waals surface area contributed by atoms with Crippen molar-refractivity contribution in [2.75, 3.05) is 0 Å². The molecule has 0 saturated heterocycles. The largest absolute Gasteiger partial charge is 0.0563 e. The van der Waals surface area contributed by atoms with Crippen molar-refractivity contribution in [3.8, 4) is 0 Å². The van der Waals surface area contributed by atoms with Crippen LogP contribution in [-0.2, 0) is 0 Å². The minimum Gasteiger partial charge on any atom is -0.0563 e. The summed E-state index contributed by atoms with van der Waals surface area (Å²) in [5, 5.41) is 0. The van der Waals surface area contributed by atoms with E-state index in [1.807, 2.05) is 0 Å². The molecule has 0 unspecified atom stereocenters. The summed E-state index contributed by atoms with van der Waals surface area (Å²) in [6.45, 7) is 4.26. The maximum atomic E-state index is 2.30. The number of benzene rings is 1. The van der Waals surface area contributed by atoms with Gasteiger partial charge in [-0.3, -0.25) is 0 Å². The highest BCUT2D eigenvalue weighted by atomic mass is 127. The Morgan fingerprint density at radius 3 is 2.00 bits per heavy atom. The molecule has 0 nitrogen and oxygen atoms in total. The minimum atomic E-state index is 1.35. The standard InChI is InChI=1S/C8H9IS/c1-6-3-7(2)5-8(4-6)10-9/h3-5H,1-2H3. The summed E-state index contributed by atoms with van der Waals surface area (Å²) < 4.78 is 0. The molecule has 1 aromatic carbocycles. The first-order valence-electron chi connectivity index (χ1n) is 3.09. The number of aryl methyl sites for hydroxylation is 2. The molecular formula is C8H9IS. The van der Waals surface area contributed by atoms with Gasteiger partial charge < -0.3 is 0 Å². The van der Waals surface area contributed by atoms with Crippen molar-refractivity contribution in [3.63, 3.8) is 0 Å². The van der Waals surface area contributed by atoms with Gasteiger partial charge in [-0.15, -0.1) is 0 Å². The first-order chi connectivity index (χ1) is 4.72. The summed E-state index contributed by atoms with van der Waals surface area (Å²) in [5.41, 5.74) is 2.69. The van der Waals surface area contributed by atoms with Crippen molar-refractivity contribution in [3.05, 3.63) is 29.3 Å². The van der Waals surface area contributed by atoms with Gasteiger partial charge in [0.2, 0.25) is 0 Å². The van der Waals surface area contributed by atoms with Gasteiger partial charge >= 0.3 is 0 Å². The quantitative estimate of drug-likeness (QED) is 0.696. The molecule has 0 atom stereocenters. The SMILES string of the molecule is Cc1cc(C)cc(SI)c1. The Bertz CT molecular complexity index is 212. The molecule has 0 bridgehead atoms. The third kappa shape index (κ3) is 2.16. The van der Waals surface area contributed by atoms with Crippen molar-refractivity contribution < 1.29 is 0 Å². The smallest absolute Gasteiger partial charge is 0.0184 e. The average molecular weight is 264 g/mol.